The lowest BCUT2D eigenvalue weighted by molar-refractivity contribution is 0.103. The molecule has 0 spiro atoms. The molecule has 0 aliphatic carbocycles. The van der Waals surface area contributed by atoms with Gasteiger partial charge in [-0.05, 0) is 67.5 Å². The lowest BCUT2D eigenvalue weighted by Gasteiger charge is -2.09. The van der Waals surface area contributed by atoms with Crippen LogP contribution in [0.4, 0.5) is 5.69 Å². The second-order valence-electron chi connectivity index (χ2n) is 6.81. The number of nitrogens with two attached hydrogens (primary N) is 1. The third kappa shape index (κ3) is 3.30. The summed E-state index contributed by atoms with van der Waals surface area (Å²) in [6, 6.07) is 15.0. The number of carbonyl (C=O) groups is 1. The van der Waals surface area contributed by atoms with Crippen molar-refractivity contribution in [2.24, 2.45) is 0 Å². The Labute approximate surface area is 162 Å². The van der Waals surface area contributed by atoms with Gasteiger partial charge in [0.05, 0.1) is 16.9 Å². The van der Waals surface area contributed by atoms with Crippen LogP contribution in [0.15, 0.2) is 54.7 Å². The van der Waals surface area contributed by atoms with Gasteiger partial charge in [-0.15, -0.1) is 0 Å². The number of H-pyrrole nitrogens is 1. The molecular weight excluding hydrogens is 348 g/mol. The monoisotopic (exact) mass is 368 g/mol. The fourth-order valence-corrected chi connectivity index (χ4v) is 3.22. The number of ketones is 1. The SMILES string of the molecule is Cc1cc(C)c(C(=O)c2ccc3c(/C=C/c4ccccn4)n[nH]c3c2)cc1N. The minimum atomic E-state index is -0.0497. The van der Waals surface area contributed by atoms with Gasteiger partial charge < -0.3 is 5.73 Å². The van der Waals surface area contributed by atoms with Gasteiger partial charge in [-0.25, -0.2) is 0 Å². The van der Waals surface area contributed by atoms with Gasteiger partial charge in [0.2, 0.25) is 0 Å². The summed E-state index contributed by atoms with van der Waals surface area (Å²) in [6.07, 6.45) is 5.57. The summed E-state index contributed by atoms with van der Waals surface area (Å²) in [4.78, 5) is 17.3. The van der Waals surface area contributed by atoms with Crippen LogP contribution in [-0.2, 0) is 0 Å². The highest BCUT2D eigenvalue weighted by Gasteiger charge is 2.15. The first kappa shape index (κ1) is 17.7. The third-order valence-corrected chi connectivity index (χ3v) is 4.81. The molecule has 0 radical (unpaired) electrons. The Balaban J connectivity index is 1.67. The quantitative estimate of drug-likeness (QED) is 0.408. The van der Waals surface area contributed by atoms with E-state index in [1.54, 1.807) is 12.3 Å². The molecule has 138 valence electrons. The Hall–Kier alpha value is -3.73. The molecule has 5 heteroatoms. The summed E-state index contributed by atoms with van der Waals surface area (Å²) in [5, 5.41) is 8.31. The largest absolute Gasteiger partial charge is 0.398 e. The maximum atomic E-state index is 13.0. The number of aromatic amines is 1. The van der Waals surface area contributed by atoms with Crippen LogP contribution in [0.5, 0.6) is 0 Å². The number of rotatable bonds is 4. The highest BCUT2D eigenvalue weighted by Crippen LogP contribution is 2.24. The number of anilines is 1. The molecular formula is C23H20N4O. The third-order valence-electron chi connectivity index (χ3n) is 4.81. The minimum absolute atomic E-state index is 0.0497. The lowest BCUT2D eigenvalue weighted by Crippen LogP contribution is -2.05. The minimum Gasteiger partial charge on any atom is -0.398 e. The van der Waals surface area contributed by atoms with E-state index in [-0.39, 0.29) is 5.78 Å². The molecule has 0 saturated heterocycles. The van der Waals surface area contributed by atoms with E-state index in [1.165, 1.54) is 0 Å². The summed E-state index contributed by atoms with van der Waals surface area (Å²) < 4.78 is 0. The van der Waals surface area contributed by atoms with Crippen molar-refractivity contribution in [3.8, 4) is 0 Å². The molecule has 2 aromatic heterocycles. The first-order valence-corrected chi connectivity index (χ1v) is 9.01. The van der Waals surface area contributed by atoms with E-state index in [9.17, 15) is 4.79 Å². The summed E-state index contributed by atoms with van der Waals surface area (Å²) in [7, 11) is 0. The first-order chi connectivity index (χ1) is 13.5. The van der Waals surface area contributed by atoms with E-state index < -0.39 is 0 Å². The predicted molar refractivity (Wildman–Crippen MR) is 113 cm³/mol. The van der Waals surface area contributed by atoms with Gasteiger partial charge in [-0.2, -0.15) is 5.10 Å². The van der Waals surface area contributed by atoms with Crippen LogP contribution in [0.3, 0.4) is 0 Å². The topological polar surface area (TPSA) is 84.7 Å². The molecule has 0 saturated carbocycles. The van der Waals surface area contributed by atoms with Gasteiger partial charge in [0.15, 0.2) is 5.78 Å². The summed E-state index contributed by atoms with van der Waals surface area (Å²) >= 11 is 0. The number of nitrogen functional groups attached to an aromatic ring is 1. The molecule has 0 fully saturated rings. The van der Waals surface area contributed by atoms with Gasteiger partial charge in [-0.3, -0.25) is 14.9 Å². The number of carbonyl (C=O) groups excluding carboxylic acids is 1. The van der Waals surface area contributed by atoms with Gasteiger partial charge in [0.1, 0.15) is 0 Å². The van der Waals surface area contributed by atoms with Gasteiger partial charge in [0.25, 0.3) is 0 Å². The number of pyridine rings is 1. The standard InChI is InChI=1S/C23H20N4O/c1-14-11-15(2)20(24)13-19(14)23(28)16-6-8-18-21(26-27-22(18)12-16)9-7-17-5-3-4-10-25-17/h3-13H,24H2,1-2H3,(H,26,27)/b9-7+. The smallest absolute Gasteiger partial charge is 0.193 e. The van der Waals surface area contributed by atoms with Crippen LogP contribution in [0, 0.1) is 13.8 Å². The Morgan fingerprint density at radius 2 is 1.89 bits per heavy atom. The Bertz CT molecular complexity index is 1210. The van der Waals surface area contributed by atoms with Crippen molar-refractivity contribution >= 4 is 34.5 Å². The molecule has 0 amide bonds. The summed E-state index contributed by atoms with van der Waals surface area (Å²) in [5.41, 5.74) is 12.2. The van der Waals surface area contributed by atoms with Crippen LogP contribution in [0.25, 0.3) is 23.1 Å². The number of aromatic nitrogens is 3. The van der Waals surface area contributed by atoms with Crippen molar-refractivity contribution in [1.82, 2.24) is 15.2 Å². The molecule has 0 aliphatic heterocycles. The molecule has 4 aromatic rings. The van der Waals surface area contributed by atoms with Crippen molar-refractivity contribution < 1.29 is 4.79 Å². The molecule has 0 bridgehead atoms. The molecule has 5 nitrogen and oxygen atoms in total. The Morgan fingerprint density at radius 3 is 2.68 bits per heavy atom. The van der Waals surface area contributed by atoms with Crippen molar-refractivity contribution in [3.63, 3.8) is 0 Å². The average Bonchev–Trinajstić information content (AvgIpc) is 3.11. The van der Waals surface area contributed by atoms with Gasteiger partial charge in [0, 0.05) is 28.4 Å². The normalized spacial score (nSPS) is 11.4. The lowest BCUT2D eigenvalue weighted by atomic mass is 9.96. The van der Waals surface area contributed by atoms with Crippen molar-refractivity contribution in [3.05, 3.63) is 88.4 Å². The Morgan fingerprint density at radius 1 is 1.04 bits per heavy atom. The molecule has 4 rings (SSSR count). The number of hydrogen-bond acceptors (Lipinski definition) is 4. The van der Waals surface area contributed by atoms with Crippen LogP contribution in [-0.4, -0.2) is 21.0 Å². The number of fused-ring (bicyclic) bond motifs is 1. The van der Waals surface area contributed by atoms with Gasteiger partial charge in [-0.1, -0.05) is 18.2 Å². The van der Waals surface area contributed by atoms with Crippen LogP contribution >= 0.6 is 0 Å². The van der Waals surface area contributed by atoms with E-state index in [1.807, 2.05) is 68.5 Å². The fourth-order valence-electron chi connectivity index (χ4n) is 3.22. The van der Waals surface area contributed by atoms with Crippen molar-refractivity contribution in [2.45, 2.75) is 13.8 Å². The van der Waals surface area contributed by atoms with E-state index in [0.29, 0.717) is 16.8 Å². The predicted octanol–water partition coefficient (Wildman–Crippen LogP) is 4.56. The number of hydrogen-bond donors (Lipinski definition) is 2. The maximum absolute atomic E-state index is 13.0. The summed E-state index contributed by atoms with van der Waals surface area (Å²) in [5.74, 6) is -0.0497. The van der Waals surface area contributed by atoms with Crippen LogP contribution in [0.2, 0.25) is 0 Å². The zero-order valence-electron chi connectivity index (χ0n) is 15.7. The average molecular weight is 368 g/mol. The van der Waals surface area contributed by atoms with Gasteiger partial charge >= 0.3 is 0 Å². The fraction of sp³-hybridized carbons (Fsp3) is 0.0870. The first-order valence-electron chi connectivity index (χ1n) is 9.01. The number of benzene rings is 2. The summed E-state index contributed by atoms with van der Waals surface area (Å²) in [6.45, 7) is 3.86. The zero-order valence-corrected chi connectivity index (χ0v) is 15.7. The van der Waals surface area contributed by atoms with Crippen LogP contribution in [0.1, 0.15) is 38.4 Å². The van der Waals surface area contributed by atoms with E-state index in [0.717, 1.165) is 33.4 Å². The molecule has 0 aliphatic rings. The second kappa shape index (κ2) is 7.12. The number of nitrogens with one attached hydrogen (secondary N) is 1. The van der Waals surface area contributed by atoms with E-state index >= 15 is 0 Å². The highest BCUT2D eigenvalue weighted by atomic mass is 16.1. The van der Waals surface area contributed by atoms with Crippen molar-refractivity contribution in [1.29, 1.82) is 0 Å². The zero-order chi connectivity index (χ0) is 19.7. The highest BCUT2D eigenvalue weighted by molar-refractivity contribution is 6.12. The molecule has 3 N–H and O–H groups in total. The Kier molecular flexibility index (Phi) is 4.49. The second-order valence-corrected chi connectivity index (χ2v) is 6.81. The van der Waals surface area contributed by atoms with E-state index in [4.69, 9.17) is 5.73 Å². The number of aryl methyl sites for hydroxylation is 2. The van der Waals surface area contributed by atoms with Crippen molar-refractivity contribution in [2.75, 3.05) is 5.73 Å². The number of nitrogens with zero attached hydrogens (tertiary/aromatic N) is 2. The maximum Gasteiger partial charge on any atom is 0.193 e. The van der Waals surface area contributed by atoms with E-state index in [2.05, 4.69) is 15.2 Å². The molecule has 0 unspecified atom stereocenters. The molecule has 0 atom stereocenters. The van der Waals surface area contributed by atoms with Crippen LogP contribution < -0.4 is 5.73 Å². The molecule has 28 heavy (non-hydrogen) atoms. The molecule has 2 aromatic carbocycles. The molecule has 2 heterocycles.